The Bertz CT molecular complexity index is 2490. The molecule has 0 spiro atoms. The second-order valence-corrected chi connectivity index (χ2v) is 20.3. The van der Waals surface area contributed by atoms with Crippen molar-refractivity contribution in [1.29, 1.82) is 0 Å². The van der Waals surface area contributed by atoms with E-state index in [1.54, 1.807) is 17.7 Å². The zero-order valence-electron chi connectivity index (χ0n) is 35.8. The number of rotatable bonds is 15. The first kappa shape index (κ1) is 54.2. The van der Waals surface area contributed by atoms with Crippen molar-refractivity contribution < 1.29 is 69.7 Å². The molecule has 2 amide bonds. The van der Waals surface area contributed by atoms with Gasteiger partial charge in [-0.2, -0.15) is 13.4 Å². The summed E-state index contributed by atoms with van der Waals surface area (Å²) in [6.07, 6.45) is 12.8. The number of anilines is 2. The van der Waals surface area contributed by atoms with E-state index in [1.165, 1.54) is 12.3 Å². The van der Waals surface area contributed by atoms with Gasteiger partial charge in [0.1, 0.15) is 36.5 Å². The van der Waals surface area contributed by atoms with Gasteiger partial charge in [-0.25, -0.2) is 32.4 Å². The van der Waals surface area contributed by atoms with Crippen molar-refractivity contribution in [1.82, 2.24) is 24.9 Å². The highest BCUT2D eigenvalue weighted by Crippen LogP contribution is 2.39. The highest BCUT2D eigenvalue weighted by molar-refractivity contribution is 7.94. The molecule has 4 N–H and O–H groups in total. The van der Waals surface area contributed by atoms with Crippen molar-refractivity contribution in [3.63, 3.8) is 0 Å². The predicted octanol–water partition coefficient (Wildman–Crippen LogP) is 4.50. The molecule has 0 saturated carbocycles. The van der Waals surface area contributed by atoms with E-state index >= 15 is 0 Å². The molecule has 1 aliphatic heterocycles. The molecule has 0 saturated heterocycles. The number of benzene rings is 2. The number of para-hydroxylation sites is 1. The third-order valence-electron chi connectivity index (χ3n) is 8.34. The largest absolute Gasteiger partial charge is 0.778 e. The monoisotopic (exact) mass is 993 g/mol. The molecule has 1 aliphatic carbocycles. The number of carbonyl (C=O) groups is 4. The van der Waals surface area contributed by atoms with Gasteiger partial charge < -0.3 is 28.9 Å². The van der Waals surface area contributed by atoms with E-state index in [0.717, 1.165) is 65.8 Å². The van der Waals surface area contributed by atoms with Crippen LogP contribution >= 0.6 is 19.2 Å². The number of esters is 1. The number of nitrogens with zero attached hydrogens (tertiary/aromatic N) is 5. The Morgan fingerprint density at radius 3 is 2.15 bits per heavy atom. The highest BCUT2D eigenvalue weighted by Gasteiger charge is 2.41. The summed E-state index contributed by atoms with van der Waals surface area (Å²) < 4.78 is 89.2. The number of halogens is 4. The van der Waals surface area contributed by atoms with Crippen LogP contribution in [-0.4, -0.2) is 107 Å². The lowest BCUT2D eigenvalue weighted by molar-refractivity contribution is -0.193. The molecule has 3 heterocycles. The fraction of sp³-hybridized carbons (Fsp3) is 0.410. The summed E-state index contributed by atoms with van der Waals surface area (Å²) in [7, 11) is -8.05. The smallest absolute Gasteiger partial charge is 0.344 e. The van der Waals surface area contributed by atoms with Crippen molar-refractivity contribution in [3.8, 4) is 5.75 Å². The first-order valence-electron chi connectivity index (χ1n) is 19.4. The second kappa shape index (κ2) is 25.0. The van der Waals surface area contributed by atoms with Gasteiger partial charge >= 0.3 is 11.9 Å². The second-order valence-electron chi connectivity index (χ2n) is 14.3. The topological polar surface area (TPSA) is 272 Å². The summed E-state index contributed by atoms with van der Waals surface area (Å²) in [5.74, 6) is -5.59. The van der Waals surface area contributed by atoms with Gasteiger partial charge in [0.05, 0.1) is 48.9 Å². The average molecular weight is 994 g/mol. The molecular formula is C39H48ClF3N7O12PS2. The van der Waals surface area contributed by atoms with Gasteiger partial charge in [0, 0.05) is 29.1 Å². The number of amides is 2. The van der Waals surface area contributed by atoms with Crippen LogP contribution in [0.3, 0.4) is 0 Å². The summed E-state index contributed by atoms with van der Waals surface area (Å²) in [6, 6.07) is 6.75. The summed E-state index contributed by atoms with van der Waals surface area (Å²) >= 11 is 6.02. The van der Waals surface area contributed by atoms with Crippen LogP contribution in [0.4, 0.5) is 24.5 Å². The van der Waals surface area contributed by atoms with E-state index in [4.69, 9.17) is 31.1 Å². The van der Waals surface area contributed by atoms with Gasteiger partial charge in [-0.1, -0.05) is 37.4 Å². The van der Waals surface area contributed by atoms with Crippen molar-refractivity contribution >= 4 is 81.0 Å². The van der Waals surface area contributed by atoms with E-state index in [1.807, 2.05) is 12.2 Å². The van der Waals surface area contributed by atoms with Gasteiger partial charge in [-0.3, -0.25) is 24.4 Å². The third kappa shape index (κ3) is 17.0. The quantitative estimate of drug-likeness (QED) is 0.0420. The number of imide groups is 1. The predicted molar refractivity (Wildman–Crippen MR) is 234 cm³/mol. The minimum absolute atomic E-state index is 0.000883. The maximum atomic E-state index is 14.5. The standard InChI is InChI=1S/C21H23ClFNO5.C12H9F2N5O2S.C3H8NO5P.C3H9S/c1-2-3-6-9-28-19(25)12-29-18-11-17(16(23)10-15(18)22)24-20(26)13-7-4-5-8-14(13)21(24)27;1-7-5-6-19-11(15-7)16-12(17-19)22(20,21)18-10-8(13)3-2-4-9(10)14;5-3(6)1-4-2-10(7,8)9;1-4(2)3/h10-11H,2-9,12H2,1H3;2-6,18H,1H3;4H,1-2H2,(H,5,6)(H2,7,8,9);1-3H3/q;;;+1/p-1. The lowest BCUT2D eigenvalue weighted by atomic mass is 9.93. The molecule has 2 aromatic carbocycles. The van der Waals surface area contributed by atoms with E-state index in [0.29, 0.717) is 47.2 Å². The molecule has 356 valence electrons. The van der Waals surface area contributed by atoms with Crippen LogP contribution in [0.15, 0.2) is 58.9 Å². The highest BCUT2D eigenvalue weighted by atomic mass is 35.5. The molecule has 65 heavy (non-hydrogen) atoms. The number of carboxylic acid groups (broad SMARTS) is 1. The number of ether oxygens (including phenoxy) is 2. The van der Waals surface area contributed by atoms with E-state index in [2.05, 4.69) is 33.8 Å². The van der Waals surface area contributed by atoms with E-state index in [9.17, 15) is 50.2 Å². The number of aryl methyl sites for hydroxylation is 1. The number of aromatic nitrogens is 4. The Balaban J connectivity index is 0.000000273. The molecule has 1 atom stereocenters. The Morgan fingerprint density at radius 1 is 1.00 bits per heavy atom. The number of nitrogens with one attached hydrogen (secondary N) is 2. The van der Waals surface area contributed by atoms with Crippen LogP contribution in [0.5, 0.6) is 5.75 Å². The van der Waals surface area contributed by atoms with Gasteiger partial charge in [0.2, 0.25) is 0 Å². The summed E-state index contributed by atoms with van der Waals surface area (Å²) in [4.78, 5) is 73.5. The number of hydrogen-bond acceptors (Lipinski definition) is 14. The Kier molecular flexibility index (Phi) is 20.8. The van der Waals surface area contributed by atoms with Crippen LogP contribution in [0, 0.1) is 24.4 Å². The van der Waals surface area contributed by atoms with Gasteiger partial charge in [0.25, 0.3) is 32.8 Å². The van der Waals surface area contributed by atoms with Crippen molar-refractivity contribution in [2.75, 3.05) is 54.4 Å². The lowest BCUT2D eigenvalue weighted by Crippen LogP contribution is -2.32. The molecule has 6 rings (SSSR count). The molecule has 1 unspecified atom stereocenters. The first-order chi connectivity index (χ1) is 30.4. The van der Waals surface area contributed by atoms with Crippen molar-refractivity contribution in [3.05, 3.63) is 81.9 Å². The number of sulfonamides is 1. The minimum atomic E-state index is -4.35. The Hall–Kier alpha value is -5.10. The fourth-order valence-corrected chi connectivity index (χ4v) is 7.07. The molecule has 0 radical (unpaired) electrons. The molecule has 4 aromatic rings. The van der Waals surface area contributed by atoms with Gasteiger partial charge in [0.15, 0.2) is 6.61 Å². The number of carbonyl (C=O) groups excluding carboxylic acids is 3. The van der Waals surface area contributed by atoms with Crippen LogP contribution in [0.2, 0.25) is 5.02 Å². The number of unbranched alkanes of at least 4 members (excludes halogenated alkanes) is 2. The molecule has 19 nitrogen and oxygen atoms in total. The van der Waals surface area contributed by atoms with E-state index < -0.39 is 89.1 Å². The lowest BCUT2D eigenvalue weighted by Gasteiger charge is -2.18. The summed E-state index contributed by atoms with van der Waals surface area (Å²) in [5, 5.41) is 13.0. The van der Waals surface area contributed by atoms with Gasteiger partial charge in [-0.15, -0.1) is 5.10 Å². The Morgan fingerprint density at radius 2 is 1.60 bits per heavy atom. The van der Waals surface area contributed by atoms with Gasteiger partial charge in [-0.05, 0) is 74.2 Å². The number of carboxylic acids is 1. The summed E-state index contributed by atoms with van der Waals surface area (Å²) in [5.41, 5.74) is 0.509. The average Bonchev–Trinajstić information content (AvgIpc) is 3.76. The molecule has 26 heteroatoms. The summed E-state index contributed by atoms with van der Waals surface area (Å²) in [6.45, 7) is 3.16. The zero-order chi connectivity index (χ0) is 48.6. The maximum absolute atomic E-state index is 14.5. The molecule has 0 fully saturated rings. The number of aliphatic carboxylic acids is 1. The third-order valence-corrected chi connectivity index (χ3v) is 10.4. The van der Waals surface area contributed by atoms with Crippen molar-refractivity contribution in [2.45, 2.75) is 63.9 Å². The number of hydrogen-bond donors (Lipinski definition) is 4. The van der Waals surface area contributed by atoms with Crippen LogP contribution in [0.1, 0.15) is 57.6 Å². The van der Waals surface area contributed by atoms with Crippen molar-refractivity contribution in [2.24, 2.45) is 0 Å². The zero-order valence-corrected chi connectivity index (χ0v) is 39.1. The van der Waals surface area contributed by atoms with Crippen LogP contribution in [-0.2, 0) is 49.4 Å². The maximum Gasteiger partial charge on any atom is 0.344 e. The van der Waals surface area contributed by atoms with Crippen LogP contribution < -0.4 is 24.6 Å². The van der Waals surface area contributed by atoms with E-state index in [-0.39, 0.29) is 22.2 Å². The normalized spacial score (nSPS) is 14.3. The Labute approximate surface area is 380 Å². The number of fused-ring (bicyclic) bond motifs is 1. The molecule has 2 aromatic heterocycles. The SMILES string of the molecule is CCCCCOC(=O)COc1cc(N2C(=O)C3=C(CCCC3)C2=O)c(F)cc1Cl.C[S+](C)C.Cc1ccn2nc(S(=O)(=O)Nc3c(F)cccc3F)nc2n1.O=C(O)CNCP(=O)([O-])O. The van der Waals surface area contributed by atoms with Crippen LogP contribution in [0.25, 0.3) is 5.78 Å². The molecule has 0 bridgehead atoms. The minimum Gasteiger partial charge on any atom is -0.778 e. The molecular weight excluding hydrogens is 946 g/mol. The molecule has 2 aliphatic rings. The fourth-order valence-electron chi connectivity index (χ4n) is 5.51. The first-order valence-corrected chi connectivity index (χ1v) is 25.5.